The lowest BCUT2D eigenvalue weighted by Crippen LogP contribution is -2.44. The third-order valence-electron chi connectivity index (χ3n) is 3.36. The van der Waals surface area contributed by atoms with E-state index >= 15 is 0 Å². The van der Waals surface area contributed by atoms with Crippen LogP contribution in [0.4, 0.5) is 5.69 Å². The third-order valence-corrected chi connectivity index (χ3v) is 3.59. The van der Waals surface area contributed by atoms with E-state index in [2.05, 4.69) is 0 Å². The molecule has 0 aliphatic carbocycles. The number of carboxylic acid groups (broad SMARTS) is 1. The highest BCUT2D eigenvalue weighted by Crippen LogP contribution is 2.26. The maximum absolute atomic E-state index is 12.3. The Hall–Kier alpha value is -2.08. The van der Waals surface area contributed by atoms with E-state index in [1.165, 1.54) is 4.90 Å². The van der Waals surface area contributed by atoms with Crippen LogP contribution < -0.4 is 4.90 Å². The second kappa shape index (κ2) is 6.13. The number of anilines is 1. The summed E-state index contributed by atoms with van der Waals surface area (Å²) in [6.45, 7) is 1.62. The molecule has 2 amide bonds. The molecule has 0 aromatic heterocycles. The van der Waals surface area contributed by atoms with Crippen LogP contribution in [0.15, 0.2) is 24.3 Å². The summed E-state index contributed by atoms with van der Waals surface area (Å²) in [6.07, 6.45) is -0.0214. The first-order valence-corrected chi connectivity index (χ1v) is 6.90. The van der Waals surface area contributed by atoms with Crippen LogP contribution in [0.2, 0.25) is 5.02 Å². The van der Waals surface area contributed by atoms with Crippen molar-refractivity contribution in [2.45, 2.75) is 19.4 Å². The summed E-state index contributed by atoms with van der Waals surface area (Å²) in [4.78, 5) is 37.7. The summed E-state index contributed by atoms with van der Waals surface area (Å²) in [5, 5.41) is 9.50. The largest absolute Gasteiger partial charge is 0.480 e. The van der Waals surface area contributed by atoms with Gasteiger partial charge in [-0.05, 0) is 25.1 Å². The van der Waals surface area contributed by atoms with Crippen LogP contribution in [0.5, 0.6) is 0 Å². The number of nitrogens with zero attached hydrogens (tertiary/aromatic N) is 2. The number of hydrogen-bond donors (Lipinski definition) is 1. The van der Waals surface area contributed by atoms with Crippen LogP contribution in [0.3, 0.4) is 0 Å². The molecule has 1 aliphatic heterocycles. The molecule has 0 saturated carbocycles. The Morgan fingerprint density at radius 2 is 2.19 bits per heavy atom. The molecule has 1 N–H and O–H groups in total. The minimum absolute atomic E-state index is 0.0214. The van der Waals surface area contributed by atoms with Crippen molar-refractivity contribution >= 4 is 35.1 Å². The molecule has 112 valence electrons. The molecule has 1 fully saturated rings. The van der Waals surface area contributed by atoms with Crippen molar-refractivity contribution in [2.75, 3.05) is 18.0 Å². The lowest BCUT2D eigenvalue weighted by Gasteiger charge is -2.28. The number of halogens is 1. The number of aliphatic carboxylic acids is 1. The van der Waals surface area contributed by atoms with Gasteiger partial charge in [0.1, 0.15) is 12.6 Å². The van der Waals surface area contributed by atoms with E-state index in [-0.39, 0.29) is 31.3 Å². The highest BCUT2D eigenvalue weighted by Gasteiger charge is 2.41. The van der Waals surface area contributed by atoms with Gasteiger partial charge in [0.15, 0.2) is 0 Å². The first-order chi connectivity index (χ1) is 9.93. The predicted octanol–water partition coefficient (Wildman–Crippen LogP) is 1.38. The maximum atomic E-state index is 12.3. The molecule has 1 saturated heterocycles. The first kappa shape index (κ1) is 15.3. The zero-order chi connectivity index (χ0) is 15.6. The van der Waals surface area contributed by atoms with Crippen LogP contribution in [0, 0.1) is 0 Å². The van der Waals surface area contributed by atoms with Crippen molar-refractivity contribution in [3.8, 4) is 0 Å². The average molecular weight is 311 g/mol. The second-order valence-corrected chi connectivity index (χ2v) is 5.13. The highest BCUT2D eigenvalue weighted by atomic mass is 35.5. The van der Waals surface area contributed by atoms with Crippen molar-refractivity contribution in [2.24, 2.45) is 0 Å². The summed E-state index contributed by atoms with van der Waals surface area (Å²) < 4.78 is 0. The van der Waals surface area contributed by atoms with Crippen LogP contribution in [-0.4, -0.2) is 46.9 Å². The zero-order valence-corrected chi connectivity index (χ0v) is 12.2. The fourth-order valence-electron chi connectivity index (χ4n) is 2.42. The summed E-state index contributed by atoms with van der Waals surface area (Å²) >= 11 is 5.92. The van der Waals surface area contributed by atoms with E-state index < -0.39 is 12.0 Å². The van der Waals surface area contributed by atoms with Crippen LogP contribution in [0.25, 0.3) is 0 Å². The second-order valence-electron chi connectivity index (χ2n) is 4.70. The molecule has 1 heterocycles. The molecule has 21 heavy (non-hydrogen) atoms. The van der Waals surface area contributed by atoms with E-state index in [0.29, 0.717) is 10.7 Å². The summed E-state index contributed by atoms with van der Waals surface area (Å²) in [7, 11) is 0. The zero-order valence-electron chi connectivity index (χ0n) is 11.5. The van der Waals surface area contributed by atoms with E-state index in [1.807, 2.05) is 0 Å². The van der Waals surface area contributed by atoms with E-state index in [0.717, 1.165) is 4.90 Å². The van der Waals surface area contributed by atoms with Crippen LogP contribution >= 0.6 is 11.6 Å². The number of hydrogen-bond acceptors (Lipinski definition) is 4. The van der Waals surface area contributed by atoms with Crippen molar-refractivity contribution in [1.29, 1.82) is 0 Å². The van der Waals surface area contributed by atoms with Gasteiger partial charge in [0.2, 0.25) is 5.91 Å². The smallest absolute Gasteiger partial charge is 0.323 e. The Kier molecular flexibility index (Phi) is 4.47. The number of amides is 2. The van der Waals surface area contributed by atoms with Crippen molar-refractivity contribution < 1.29 is 19.5 Å². The Morgan fingerprint density at radius 1 is 1.48 bits per heavy atom. The van der Waals surface area contributed by atoms with Gasteiger partial charge in [-0.15, -0.1) is 0 Å². The average Bonchev–Trinajstić information content (AvgIpc) is 2.70. The van der Waals surface area contributed by atoms with Gasteiger partial charge in [0.25, 0.3) is 5.91 Å². The number of carbonyl (C=O) groups excluding carboxylic acids is 2. The Bertz CT molecular complexity index is 590. The molecule has 0 radical (unpaired) electrons. The topological polar surface area (TPSA) is 77.9 Å². The van der Waals surface area contributed by atoms with Gasteiger partial charge in [0, 0.05) is 17.3 Å². The van der Waals surface area contributed by atoms with Crippen molar-refractivity contribution in [3.63, 3.8) is 0 Å². The number of likely N-dealkylation sites (N-methyl/N-ethyl adjacent to an activating group) is 1. The number of imide groups is 1. The SMILES string of the molecule is CCN1C(=O)CC(N(CC(=O)O)c2cccc(Cl)c2)C1=O. The van der Waals surface area contributed by atoms with Gasteiger partial charge < -0.3 is 10.0 Å². The molecule has 1 aromatic carbocycles. The third kappa shape index (κ3) is 3.16. The highest BCUT2D eigenvalue weighted by molar-refractivity contribution is 6.30. The molecule has 6 nitrogen and oxygen atoms in total. The van der Waals surface area contributed by atoms with Crippen LogP contribution in [0.1, 0.15) is 13.3 Å². The van der Waals surface area contributed by atoms with Crippen LogP contribution in [-0.2, 0) is 14.4 Å². The normalized spacial score (nSPS) is 18.2. The Balaban J connectivity index is 2.35. The van der Waals surface area contributed by atoms with Gasteiger partial charge in [-0.3, -0.25) is 19.3 Å². The fraction of sp³-hybridized carbons (Fsp3) is 0.357. The minimum atomic E-state index is -1.08. The van der Waals surface area contributed by atoms with Gasteiger partial charge >= 0.3 is 5.97 Å². The quantitative estimate of drug-likeness (QED) is 0.831. The molecule has 0 bridgehead atoms. The van der Waals surface area contributed by atoms with Gasteiger partial charge in [-0.1, -0.05) is 17.7 Å². The Morgan fingerprint density at radius 3 is 2.71 bits per heavy atom. The maximum Gasteiger partial charge on any atom is 0.323 e. The molecule has 1 atom stereocenters. The van der Waals surface area contributed by atoms with E-state index in [1.54, 1.807) is 31.2 Å². The summed E-state index contributed by atoms with van der Waals surface area (Å²) in [5.41, 5.74) is 0.508. The summed E-state index contributed by atoms with van der Waals surface area (Å²) in [5.74, 6) is -1.74. The molecule has 1 aromatic rings. The molecule has 7 heteroatoms. The molecule has 1 aliphatic rings. The van der Waals surface area contributed by atoms with E-state index in [9.17, 15) is 14.4 Å². The summed E-state index contributed by atoms with van der Waals surface area (Å²) in [6, 6.07) is 5.78. The standard InChI is InChI=1S/C14H15ClN2O4/c1-2-16-12(18)7-11(14(16)21)17(8-13(19)20)10-5-3-4-9(15)6-10/h3-6,11H,2,7-8H2,1H3,(H,19,20). The molecule has 2 rings (SSSR count). The molecule has 1 unspecified atom stereocenters. The van der Waals surface area contributed by atoms with Gasteiger partial charge in [0.05, 0.1) is 6.42 Å². The fourth-order valence-corrected chi connectivity index (χ4v) is 2.61. The van der Waals surface area contributed by atoms with E-state index in [4.69, 9.17) is 16.7 Å². The van der Waals surface area contributed by atoms with Gasteiger partial charge in [-0.2, -0.15) is 0 Å². The van der Waals surface area contributed by atoms with Crippen molar-refractivity contribution in [1.82, 2.24) is 4.90 Å². The predicted molar refractivity (Wildman–Crippen MR) is 77.2 cm³/mol. The van der Waals surface area contributed by atoms with Crippen molar-refractivity contribution in [3.05, 3.63) is 29.3 Å². The molecular weight excluding hydrogens is 296 g/mol. The number of likely N-dealkylation sites (tertiary alicyclic amines) is 1. The lowest BCUT2D eigenvalue weighted by atomic mass is 10.1. The molecular formula is C14H15ClN2O4. The lowest BCUT2D eigenvalue weighted by molar-refractivity contribution is -0.138. The number of benzene rings is 1. The van der Waals surface area contributed by atoms with Gasteiger partial charge in [-0.25, -0.2) is 0 Å². The Labute approximate surface area is 126 Å². The monoisotopic (exact) mass is 310 g/mol. The first-order valence-electron chi connectivity index (χ1n) is 6.52. The number of rotatable bonds is 5. The molecule has 0 spiro atoms. The number of carboxylic acids is 1. The number of carbonyl (C=O) groups is 3. The minimum Gasteiger partial charge on any atom is -0.480 e.